The summed E-state index contributed by atoms with van der Waals surface area (Å²) in [4.78, 5) is 20.5. The number of nitrogens with one attached hydrogen (secondary N) is 2. The molecule has 3 aromatic rings. The van der Waals surface area contributed by atoms with Crippen LogP contribution in [0.1, 0.15) is 48.0 Å². The van der Waals surface area contributed by atoms with E-state index < -0.39 is 0 Å². The van der Waals surface area contributed by atoms with Crippen molar-refractivity contribution in [1.29, 1.82) is 0 Å². The van der Waals surface area contributed by atoms with Gasteiger partial charge in [-0.15, -0.1) is 11.3 Å². The van der Waals surface area contributed by atoms with Gasteiger partial charge in [-0.05, 0) is 47.2 Å². The highest BCUT2D eigenvalue weighted by molar-refractivity contribution is 7.20. The van der Waals surface area contributed by atoms with Crippen molar-refractivity contribution in [2.45, 2.75) is 45.2 Å². The first-order valence-corrected chi connectivity index (χ1v) is 11.9. The second-order valence-corrected chi connectivity index (χ2v) is 10.7. The van der Waals surface area contributed by atoms with E-state index in [9.17, 15) is 4.79 Å². The van der Waals surface area contributed by atoms with Gasteiger partial charge in [0.2, 0.25) is 5.96 Å². The van der Waals surface area contributed by atoms with Crippen molar-refractivity contribution in [2.24, 2.45) is 10.7 Å². The fourth-order valence-corrected chi connectivity index (χ4v) is 5.28. The number of fused-ring (bicyclic) bond motifs is 3. The molecule has 1 fully saturated rings. The van der Waals surface area contributed by atoms with Gasteiger partial charge in [-0.1, -0.05) is 39.0 Å². The lowest BCUT2D eigenvalue weighted by molar-refractivity contribution is 0.0795. The number of rotatable bonds is 2. The van der Waals surface area contributed by atoms with Crippen LogP contribution in [-0.4, -0.2) is 35.9 Å². The molecule has 5 rings (SSSR count). The maximum atomic E-state index is 13.0. The number of hydrogen-bond donors (Lipinski definition) is 3. The Labute approximate surface area is 192 Å². The van der Waals surface area contributed by atoms with Crippen LogP contribution >= 0.6 is 11.3 Å². The Morgan fingerprint density at radius 2 is 2.09 bits per heavy atom. The summed E-state index contributed by atoms with van der Waals surface area (Å²) in [5, 5.41) is 7.84. The molecule has 0 bridgehead atoms. The molecule has 2 aliphatic heterocycles. The number of nitrogens with two attached hydrogens (primary N) is 1. The van der Waals surface area contributed by atoms with Crippen molar-refractivity contribution in [1.82, 2.24) is 10.2 Å². The van der Waals surface area contributed by atoms with Gasteiger partial charge in [-0.3, -0.25) is 4.79 Å². The molecule has 166 valence electrons. The van der Waals surface area contributed by atoms with Crippen LogP contribution in [0.5, 0.6) is 0 Å². The molecule has 1 unspecified atom stereocenters. The second kappa shape index (κ2) is 7.90. The molecule has 7 heteroatoms. The van der Waals surface area contributed by atoms with Crippen LogP contribution in [0.3, 0.4) is 0 Å². The van der Waals surface area contributed by atoms with Crippen molar-refractivity contribution in [3.63, 3.8) is 0 Å². The summed E-state index contributed by atoms with van der Waals surface area (Å²) >= 11 is 1.53. The van der Waals surface area contributed by atoms with Crippen LogP contribution < -0.4 is 16.4 Å². The van der Waals surface area contributed by atoms with E-state index in [4.69, 9.17) is 10.7 Å². The molecule has 3 heterocycles. The number of hydrogen-bond acceptors (Lipinski definition) is 6. The zero-order valence-electron chi connectivity index (χ0n) is 18.7. The van der Waals surface area contributed by atoms with Gasteiger partial charge >= 0.3 is 0 Å². The van der Waals surface area contributed by atoms with E-state index in [1.165, 1.54) is 16.9 Å². The zero-order valence-corrected chi connectivity index (χ0v) is 19.6. The molecule has 1 saturated heterocycles. The number of likely N-dealkylation sites (tertiary alicyclic amines) is 1. The van der Waals surface area contributed by atoms with E-state index >= 15 is 0 Å². The first-order valence-electron chi connectivity index (χ1n) is 11.1. The highest BCUT2D eigenvalue weighted by Gasteiger charge is 2.26. The van der Waals surface area contributed by atoms with E-state index in [1.807, 2.05) is 11.0 Å². The summed E-state index contributed by atoms with van der Waals surface area (Å²) in [7, 11) is 0. The van der Waals surface area contributed by atoms with Crippen molar-refractivity contribution in [3.8, 4) is 0 Å². The molecule has 1 amide bonds. The molecule has 0 saturated carbocycles. The summed E-state index contributed by atoms with van der Waals surface area (Å²) < 4.78 is 1.08. The molecule has 0 radical (unpaired) electrons. The highest BCUT2D eigenvalue weighted by atomic mass is 32.1. The molecule has 0 spiro atoms. The van der Waals surface area contributed by atoms with Gasteiger partial charge in [-0.2, -0.15) is 0 Å². The largest absolute Gasteiger partial charge is 0.352 e. The topological polar surface area (TPSA) is 82.8 Å². The Hall–Kier alpha value is -2.90. The van der Waals surface area contributed by atoms with Crippen LogP contribution in [0, 0.1) is 0 Å². The third kappa shape index (κ3) is 3.98. The van der Waals surface area contributed by atoms with Crippen LogP contribution in [0.15, 0.2) is 47.5 Å². The number of amides is 1. The Morgan fingerprint density at radius 3 is 2.84 bits per heavy atom. The van der Waals surface area contributed by atoms with E-state index in [2.05, 4.69) is 67.8 Å². The fraction of sp³-hybridized carbons (Fsp3) is 0.360. The molecular formula is C25H29N5OS. The number of carbonyl (C=O) groups excluding carboxylic acids is 1. The van der Waals surface area contributed by atoms with Gasteiger partial charge in [0.15, 0.2) is 0 Å². The smallest absolute Gasteiger partial charge is 0.264 e. The average molecular weight is 448 g/mol. The number of nitrogens with zero attached hydrogens (tertiary/aromatic N) is 2. The molecule has 4 N–H and O–H groups in total. The van der Waals surface area contributed by atoms with E-state index in [0.717, 1.165) is 50.8 Å². The number of aliphatic imine (C=N–C) groups is 1. The number of benzene rings is 2. The quantitative estimate of drug-likeness (QED) is 0.537. The Bertz CT molecular complexity index is 1220. The second-order valence-electron chi connectivity index (χ2n) is 9.67. The van der Waals surface area contributed by atoms with Gasteiger partial charge in [0.05, 0.1) is 10.6 Å². The number of anilines is 1. The van der Waals surface area contributed by atoms with Crippen molar-refractivity contribution in [2.75, 3.05) is 18.4 Å². The predicted molar refractivity (Wildman–Crippen MR) is 133 cm³/mol. The van der Waals surface area contributed by atoms with E-state index in [0.29, 0.717) is 13.1 Å². The lowest BCUT2D eigenvalue weighted by Gasteiger charge is -2.22. The van der Waals surface area contributed by atoms with Gasteiger partial charge in [0.25, 0.3) is 5.91 Å². The Balaban J connectivity index is 1.45. The summed E-state index contributed by atoms with van der Waals surface area (Å²) in [5.41, 5.74) is 10.4. The third-order valence-corrected chi connectivity index (χ3v) is 7.23. The third-order valence-electron chi connectivity index (χ3n) is 6.14. The lowest BCUT2D eigenvalue weighted by Crippen LogP contribution is -2.32. The van der Waals surface area contributed by atoms with Crippen LogP contribution in [-0.2, 0) is 12.0 Å². The summed E-state index contributed by atoms with van der Waals surface area (Å²) in [6.45, 7) is 8.68. The normalized spacial score (nSPS) is 18.3. The van der Waals surface area contributed by atoms with Gasteiger partial charge in [0, 0.05) is 41.4 Å². The van der Waals surface area contributed by atoms with Gasteiger partial charge in [-0.25, -0.2) is 4.99 Å². The van der Waals surface area contributed by atoms with Crippen molar-refractivity contribution >= 4 is 44.7 Å². The first-order chi connectivity index (χ1) is 15.3. The zero-order chi connectivity index (χ0) is 22.5. The maximum absolute atomic E-state index is 13.0. The number of guanidine groups is 1. The minimum atomic E-state index is 0.0724. The molecule has 1 atom stereocenters. The SMILES string of the molecule is CC(C)(C)c1cccc(NC2=Nc3c(ccc4sc(C(=O)N5CCC(N)C5)cc34)CN2)c1. The van der Waals surface area contributed by atoms with Crippen molar-refractivity contribution < 1.29 is 4.79 Å². The first kappa shape index (κ1) is 21.0. The Kier molecular flexibility index (Phi) is 5.18. The van der Waals surface area contributed by atoms with E-state index in [-0.39, 0.29) is 17.4 Å². The number of thiophene rings is 1. The molecule has 6 nitrogen and oxygen atoms in total. The van der Waals surface area contributed by atoms with Crippen LogP contribution in [0.2, 0.25) is 0 Å². The molecule has 2 aromatic carbocycles. The lowest BCUT2D eigenvalue weighted by atomic mass is 9.87. The van der Waals surface area contributed by atoms with Gasteiger partial charge in [0.1, 0.15) is 0 Å². The van der Waals surface area contributed by atoms with Crippen molar-refractivity contribution in [3.05, 3.63) is 58.5 Å². The minimum Gasteiger partial charge on any atom is -0.352 e. The summed E-state index contributed by atoms with van der Waals surface area (Å²) in [5.74, 6) is 0.795. The maximum Gasteiger partial charge on any atom is 0.264 e. The standard InChI is InChI=1S/C25H29N5OS/c1-25(2,3)16-5-4-6-18(11-16)28-24-27-13-15-7-8-20-19(22(15)29-24)12-21(32-20)23(31)30-10-9-17(26)14-30/h4-8,11-12,17H,9-10,13-14,26H2,1-3H3,(H2,27,28,29). The van der Waals surface area contributed by atoms with E-state index in [1.54, 1.807) is 0 Å². The van der Waals surface area contributed by atoms with Crippen LogP contribution in [0.25, 0.3) is 10.1 Å². The van der Waals surface area contributed by atoms with Crippen LogP contribution in [0.4, 0.5) is 11.4 Å². The molecule has 0 aliphatic carbocycles. The fourth-order valence-electron chi connectivity index (χ4n) is 4.25. The highest BCUT2D eigenvalue weighted by Crippen LogP contribution is 2.38. The predicted octanol–water partition coefficient (Wildman–Crippen LogP) is 4.57. The molecule has 1 aromatic heterocycles. The monoisotopic (exact) mass is 447 g/mol. The molecular weight excluding hydrogens is 418 g/mol. The Morgan fingerprint density at radius 1 is 1.25 bits per heavy atom. The molecule has 2 aliphatic rings. The molecule has 32 heavy (non-hydrogen) atoms. The average Bonchev–Trinajstić information content (AvgIpc) is 3.39. The minimum absolute atomic E-state index is 0.0724. The van der Waals surface area contributed by atoms with Gasteiger partial charge < -0.3 is 21.3 Å². The summed E-state index contributed by atoms with van der Waals surface area (Å²) in [6.07, 6.45) is 0.868. The number of carbonyl (C=O) groups is 1. The summed E-state index contributed by atoms with van der Waals surface area (Å²) in [6, 6.07) is 14.7.